The fraction of sp³-hybridized carbons (Fsp3) is 0. The molecule has 0 radical (unpaired) electrons. The van der Waals surface area contributed by atoms with Gasteiger partial charge in [-0.25, -0.2) is 15.0 Å². The van der Waals surface area contributed by atoms with E-state index in [0.717, 1.165) is 5.56 Å². The van der Waals surface area contributed by atoms with Crippen molar-refractivity contribution in [1.29, 1.82) is 0 Å². The van der Waals surface area contributed by atoms with Crippen LogP contribution < -0.4 is 0 Å². The molecule has 5 nitrogen and oxygen atoms in total. The lowest BCUT2D eigenvalue weighted by atomic mass is 10.2. The summed E-state index contributed by atoms with van der Waals surface area (Å²) in [7, 11) is 0. The zero-order chi connectivity index (χ0) is 11.8. The Morgan fingerprint density at radius 1 is 1.12 bits per heavy atom. The van der Waals surface area contributed by atoms with E-state index >= 15 is 0 Å². The first-order chi connectivity index (χ1) is 8.24. The molecule has 84 valence electrons. The highest BCUT2D eigenvalue weighted by molar-refractivity contribution is 6.33. The molecule has 1 aromatic carbocycles. The molecule has 0 aliphatic carbocycles. The van der Waals surface area contributed by atoms with Gasteiger partial charge in [-0.1, -0.05) is 11.6 Å². The first-order valence-electron chi connectivity index (χ1n) is 4.89. The van der Waals surface area contributed by atoms with Gasteiger partial charge in [0.25, 0.3) is 0 Å². The van der Waals surface area contributed by atoms with Gasteiger partial charge in [-0.05, 0) is 24.3 Å². The first-order valence-corrected chi connectivity index (χ1v) is 5.27. The topological polar surface area (TPSA) is 74.7 Å². The van der Waals surface area contributed by atoms with Crippen molar-refractivity contribution in [3.8, 4) is 17.1 Å². The Morgan fingerprint density at radius 3 is 2.59 bits per heavy atom. The van der Waals surface area contributed by atoms with E-state index < -0.39 is 0 Å². The van der Waals surface area contributed by atoms with Crippen LogP contribution in [0.15, 0.2) is 30.6 Å². The third kappa shape index (κ3) is 1.70. The summed E-state index contributed by atoms with van der Waals surface area (Å²) in [4.78, 5) is 15.2. The molecule has 0 aliphatic rings. The number of aromatic amines is 1. The number of hydrogen-bond acceptors (Lipinski definition) is 4. The van der Waals surface area contributed by atoms with Crippen LogP contribution in [-0.2, 0) is 0 Å². The monoisotopic (exact) mass is 246 g/mol. The first kappa shape index (κ1) is 10.0. The maximum Gasteiger partial charge on any atom is 0.182 e. The summed E-state index contributed by atoms with van der Waals surface area (Å²) in [6.07, 6.45) is 1.37. The van der Waals surface area contributed by atoms with Crippen LogP contribution in [0.2, 0.25) is 5.15 Å². The molecule has 3 rings (SSSR count). The number of nitrogens with zero attached hydrogens (tertiary/aromatic N) is 3. The molecule has 0 bridgehead atoms. The van der Waals surface area contributed by atoms with Crippen LogP contribution in [0.25, 0.3) is 22.6 Å². The Kier molecular flexibility index (Phi) is 2.19. The molecule has 0 saturated heterocycles. The zero-order valence-electron chi connectivity index (χ0n) is 8.55. The molecule has 0 fully saturated rings. The largest absolute Gasteiger partial charge is 0.508 e. The molecule has 0 aliphatic heterocycles. The lowest BCUT2D eigenvalue weighted by Gasteiger charge is -1.95. The molecule has 0 atom stereocenters. The summed E-state index contributed by atoms with van der Waals surface area (Å²) in [5.41, 5.74) is 1.97. The van der Waals surface area contributed by atoms with E-state index in [1.165, 1.54) is 6.33 Å². The minimum Gasteiger partial charge on any atom is -0.508 e. The standard InChI is InChI=1S/C11H7ClN4O/c12-9-8-11(14-5-13-9)16-10(15-8)6-1-3-7(17)4-2-6/h1-5,17H,(H,13,14,15,16). The molecule has 6 heteroatoms. The van der Waals surface area contributed by atoms with Gasteiger partial charge < -0.3 is 10.1 Å². The Labute approximate surface area is 101 Å². The van der Waals surface area contributed by atoms with Crippen LogP contribution in [0.5, 0.6) is 5.75 Å². The Balaban J connectivity index is 2.18. The fourth-order valence-electron chi connectivity index (χ4n) is 1.56. The van der Waals surface area contributed by atoms with Crippen LogP contribution in [0.4, 0.5) is 0 Å². The molecule has 3 aromatic rings. The van der Waals surface area contributed by atoms with Crippen LogP contribution in [0.3, 0.4) is 0 Å². The molecule has 2 aromatic heterocycles. The number of phenolic OH excluding ortho intramolecular Hbond substituents is 1. The molecule has 0 saturated carbocycles. The predicted octanol–water partition coefficient (Wildman–Crippen LogP) is 2.38. The van der Waals surface area contributed by atoms with Crippen molar-refractivity contribution in [2.45, 2.75) is 0 Å². The summed E-state index contributed by atoms with van der Waals surface area (Å²) in [5.74, 6) is 0.852. The lowest BCUT2D eigenvalue weighted by molar-refractivity contribution is 0.475. The van der Waals surface area contributed by atoms with Crippen LogP contribution >= 0.6 is 11.6 Å². The molecular formula is C11H7ClN4O. The molecule has 2 heterocycles. The molecular weight excluding hydrogens is 240 g/mol. The quantitative estimate of drug-likeness (QED) is 0.647. The van der Waals surface area contributed by atoms with Gasteiger partial charge in [0.2, 0.25) is 0 Å². The van der Waals surface area contributed by atoms with Crippen molar-refractivity contribution >= 4 is 22.8 Å². The highest BCUT2D eigenvalue weighted by Gasteiger charge is 2.09. The number of halogens is 1. The van der Waals surface area contributed by atoms with Crippen molar-refractivity contribution in [3.63, 3.8) is 0 Å². The maximum atomic E-state index is 9.21. The van der Waals surface area contributed by atoms with Gasteiger partial charge in [-0.3, -0.25) is 0 Å². The van der Waals surface area contributed by atoms with Gasteiger partial charge in [-0.15, -0.1) is 0 Å². The smallest absolute Gasteiger partial charge is 0.182 e. The van der Waals surface area contributed by atoms with Crippen LogP contribution in [-0.4, -0.2) is 25.0 Å². The highest BCUT2D eigenvalue weighted by Crippen LogP contribution is 2.23. The second kappa shape index (κ2) is 3.71. The Morgan fingerprint density at radius 2 is 1.88 bits per heavy atom. The number of fused-ring (bicyclic) bond motifs is 1. The minimum absolute atomic E-state index is 0.211. The molecule has 0 amide bonds. The minimum atomic E-state index is 0.211. The molecule has 17 heavy (non-hydrogen) atoms. The number of nitrogens with one attached hydrogen (secondary N) is 1. The molecule has 2 N–H and O–H groups in total. The number of aromatic nitrogens is 4. The average molecular weight is 247 g/mol. The van der Waals surface area contributed by atoms with Crippen LogP contribution in [0, 0.1) is 0 Å². The average Bonchev–Trinajstić information content (AvgIpc) is 2.75. The Hall–Kier alpha value is -2.14. The van der Waals surface area contributed by atoms with Crippen molar-refractivity contribution < 1.29 is 5.11 Å². The van der Waals surface area contributed by atoms with E-state index in [4.69, 9.17) is 11.6 Å². The number of hydrogen-bond donors (Lipinski definition) is 2. The zero-order valence-corrected chi connectivity index (χ0v) is 9.31. The Bertz CT molecular complexity index is 678. The van der Waals surface area contributed by atoms with Crippen molar-refractivity contribution in [1.82, 2.24) is 19.9 Å². The number of benzene rings is 1. The van der Waals surface area contributed by atoms with E-state index in [0.29, 0.717) is 22.1 Å². The van der Waals surface area contributed by atoms with Gasteiger partial charge in [0.1, 0.15) is 23.4 Å². The van der Waals surface area contributed by atoms with Gasteiger partial charge >= 0.3 is 0 Å². The highest BCUT2D eigenvalue weighted by atomic mass is 35.5. The van der Waals surface area contributed by atoms with Gasteiger partial charge in [0.05, 0.1) is 0 Å². The predicted molar refractivity (Wildman–Crippen MR) is 63.8 cm³/mol. The second-order valence-corrected chi connectivity index (χ2v) is 3.85. The molecule has 0 unspecified atom stereocenters. The van der Waals surface area contributed by atoms with E-state index in [1.807, 2.05) is 0 Å². The normalized spacial score (nSPS) is 10.9. The number of H-pyrrole nitrogens is 1. The number of rotatable bonds is 1. The summed E-state index contributed by atoms with van der Waals surface area (Å²) >= 11 is 5.92. The lowest BCUT2D eigenvalue weighted by Crippen LogP contribution is -1.80. The SMILES string of the molecule is Oc1ccc(-c2nc3ncnc(Cl)c3[nH]2)cc1. The summed E-state index contributed by atoms with van der Waals surface area (Å²) in [5, 5.41) is 9.55. The van der Waals surface area contributed by atoms with Crippen molar-refractivity contribution in [3.05, 3.63) is 35.7 Å². The summed E-state index contributed by atoms with van der Waals surface area (Å²) in [6.45, 7) is 0. The second-order valence-electron chi connectivity index (χ2n) is 3.50. The number of aromatic hydroxyl groups is 1. The van der Waals surface area contributed by atoms with E-state index in [9.17, 15) is 5.11 Å². The van der Waals surface area contributed by atoms with Gasteiger partial charge in [0, 0.05) is 5.56 Å². The van der Waals surface area contributed by atoms with E-state index in [-0.39, 0.29) is 5.75 Å². The number of imidazole rings is 1. The van der Waals surface area contributed by atoms with E-state index in [1.54, 1.807) is 24.3 Å². The summed E-state index contributed by atoms with van der Waals surface area (Å²) < 4.78 is 0. The van der Waals surface area contributed by atoms with Crippen molar-refractivity contribution in [2.24, 2.45) is 0 Å². The van der Waals surface area contributed by atoms with Crippen molar-refractivity contribution in [2.75, 3.05) is 0 Å². The fourth-order valence-corrected chi connectivity index (χ4v) is 1.73. The van der Waals surface area contributed by atoms with E-state index in [2.05, 4.69) is 19.9 Å². The third-order valence-electron chi connectivity index (χ3n) is 2.38. The van der Waals surface area contributed by atoms with Gasteiger partial charge in [-0.2, -0.15) is 0 Å². The number of phenols is 1. The third-order valence-corrected chi connectivity index (χ3v) is 2.67. The maximum absolute atomic E-state index is 9.21. The molecule has 0 spiro atoms. The summed E-state index contributed by atoms with van der Waals surface area (Å²) in [6, 6.07) is 6.70. The van der Waals surface area contributed by atoms with Crippen LogP contribution in [0.1, 0.15) is 0 Å². The van der Waals surface area contributed by atoms with Gasteiger partial charge in [0.15, 0.2) is 10.8 Å².